The van der Waals surface area contributed by atoms with Crippen molar-refractivity contribution >= 4 is 17.7 Å². The van der Waals surface area contributed by atoms with E-state index < -0.39 is 0 Å². The van der Waals surface area contributed by atoms with Gasteiger partial charge in [-0.05, 0) is 31.5 Å². The van der Waals surface area contributed by atoms with E-state index in [2.05, 4.69) is 0 Å². The smallest absolute Gasteiger partial charge is 0.233 e. The molecule has 1 aromatic carbocycles. The Morgan fingerprint density at radius 3 is 2.45 bits per heavy atom. The number of carbonyl (C=O) groups is 1. The Morgan fingerprint density at radius 2 is 1.90 bits per heavy atom. The van der Waals surface area contributed by atoms with E-state index in [0.29, 0.717) is 18.8 Å². The van der Waals surface area contributed by atoms with Crippen LogP contribution in [0.15, 0.2) is 29.2 Å². The van der Waals surface area contributed by atoms with Crippen molar-refractivity contribution in [1.29, 1.82) is 0 Å². The van der Waals surface area contributed by atoms with Gasteiger partial charge >= 0.3 is 0 Å². The molecule has 4 nitrogen and oxygen atoms in total. The molecule has 0 radical (unpaired) electrons. The highest BCUT2D eigenvalue weighted by atomic mass is 32.2. The van der Waals surface area contributed by atoms with E-state index in [4.69, 9.17) is 9.84 Å². The van der Waals surface area contributed by atoms with Gasteiger partial charge < -0.3 is 14.7 Å². The molecule has 0 bridgehead atoms. The van der Waals surface area contributed by atoms with Crippen molar-refractivity contribution in [2.75, 3.05) is 18.8 Å². The highest BCUT2D eigenvalue weighted by Crippen LogP contribution is 2.20. The Hall–Kier alpha value is -1.04. The fourth-order valence-electron chi connectivity index (χ4n) is 2.31. The molecule has 1 aliphatic rings. The number of morpholine rings is 1. The molecule has 1 aromatic rings. The van der Waals surface area contributed by atoms with Crippen molar-refractivity contribution in [3.63, 3.8) is 0 Å². The van der Waals surface area contributed by atoms with Gasteiger partial charge in [-0.2, -0.15) is 0 Å². The summed E-state index contributed by atoms with van der Waals surface area (Å²) in [5.41, 5.74) is 0.886. The number of rotatable bonds is 4. The van der Waals surface area contributed by atoms with E-state index in [1.165, 1.54) is 11.8 Å². The number of nitrogens with zero attached hydrogens (tertiary/aromatic N) is 1. The maximum atomic E-state index is 12.2. The van der Waals surface area contributed by atoms with Gasteiger partial charge in [-0.25, -0.2) is 0 Å². The quantitative estimate of drug-likeness (QED) is 0.862. The fourth-order valence-corrected chi connectivity index (χ4v) is 3.11. The van der Waals surface area contributed by atoms with Crippen LogP contribution in [0.1, 0.15) is 19.4 Å². The summed E-state index contributed by atoms with van der Waals surface area (Å²) in [6.45, 7) is 5.39. The third-order valence-corrected chi connectivity index (χ3v) is 4.24. The average molecular weight is 295 g/mol. The van der Waals surface area contributed by atoms with Gasteiger partial charge in [0.05, 0.1) is 24.6 Å². The van der Waals surface area contributed by atoms with Gasteiger partial charge in [0.1, 0.15) is 0 Å². The van der Waals surface area contributed by atoms with Crippen molar-refractivity contribution in [2.45, 2.75) is 37.6 Å². The second-order valence-electron chi connectivity index (χ2n) is 5.15. The Morgan fingerprint density at radius 1 is 1.30 bits per heavy atom. The van der Waals surface area contributed by atoms with Crippen LogP contribution in [-0.4, -0.2) is 47.0 Å². The third kappa shape index (κ3) is 4.23. The molecule has 1 amide bonds. The number of benzene rings is 1. The molecule has 1 fully saturated rings. The Balaban J connectivity index is 1.84. The number of amides is 1. The molecule has 0 aromatic heterocycles. The van der Waals surface area contributed by atoms with E-state index in [0.717, 1.165) is 10.5 Å². The van der Waals surface area contributed by atoms with Gasteiger partial charge in [0.25, 0.3) is 0 Å². The number of aliphatic hydroxyl groups is 1. The number of thioether (sulfide) groups is 1. The van der Waals surface area contributed by atoms with Crippen molar-refractivity contribution in [3.05, 3.63) is 29.8 Å². The van der Waals surface area contributed by atoms with E-state index >= 15 is 0 Å². The molecule has 5 heteroatoms. The van der Waals surface area contributed by atoms with Crippen LogP contribution in [-0.2, 0) is 16.1 Å². The fraction of sp³-hybridized carbons (Fsp3) is 0.533. The van der Waals surface area contributed by atoms with Crippen LogP contribution in [0.3, 0.4) is 0 Å². The lowest BCUT2D eigenvalue weighted by Gasteiger charge is -2.35. The second kappa shape index (κ2) is 7.11. The van der Waals surface area contributed by atoms with Crippen molar-refractivity contribution in [1.82, 2.24) is 4.90 Å². The van der Waals surface area contributed by atoms with Gasteiger partial charge in [0.15, 0.2) is 0 Å². The second-order valence-corrected chi connectivity index (χ2v) is 6.20. The molecule has 2 unspecified atom stereocenters. The van der Waals surface area contributed by atoms with Crippen LogP contribution in [0.4, 0.5) is 0 Å². The molecule has 110 valence electrons. The summed E-state index contributed by atoms with van der Waals surface area (Å²) in [5.74, 6) is 0.598. The van der Waals surface area contributed by atoms with Crippen molar-refractivity contribution < 1.29 is 14.6 Å². The van der Waals surface area contributed by atoms with Gasteiger partial charge in [0.2, 0.25) is 5.91 Å². The summed E-state index contributed by atoms with van der Waals surface area (Å²) in [4.78, 5) is 15.1. The molecule has 1 heterocycles. The van der Waals surface area contributed by atoms with Crippen LogP contribution in [0.2, 0.25) is 0 Å². The largest absolute Gasteiger partial charge is 0.392 e. The summed E-state index contributed by atoms with van der Waals surface area (Å²) in [6.07, 6.45) is 0.216. The minimum atomic E-state index is 0.0490. The minimum absolute atomic E-state index is 0.0490. The first-order valence-corrected chi connectivity index (χ1v) is 7.83. The zero-order valence-corrected chi connectivity index (χ0v) is 12.7. The zero-order chi connectivity index (χ0) is 14.5. The van der Waals surface area contributed by atoms with Crippen molar-refractivity contribution in [3.8, 4) is 0 Å². The normalized spacial score (nSPS) is 22.9. The molecule has 1 saturated heterocycles. The predicted molar refractivity (Wildman–Crippen MR) is 79.7 cm³/mol. The standard InChI is InChI=1S/C15H21NO3S/c1-11-7-16(8-12(2)19-11)15(18)10-20-14-5-3-13(9-17)4-6-14/h3-6,11-12,17H,7-10H2,1-2H3. The topological polar surface area (TPSA) is 49.8 Å². The van der Waals surface area contributed by atoms with Gasteiger partial charge in [-0.1, -0.05) is 12.1 Å². The summed E-state index contributed by atoms with van der Waals surface area (Å²) in [7, 11) is 0. The lowest BCUT2D eigenvalue weighted by Crippen LogP contribution is -2.48. The average Bonchev–Trinajstić information content (AvgIpc) is 2.44. The van der Waals surface area contributed by atoms with E-state index in [-0.39, 0.29) is 24.7 Å². The SMILES string of the molecule is CC1CN(C(=O)CSc2ccc(CO)cc2)CC(C)O1. The van der Waals surface area contributed by atoms with E-state index in [1.807, 2.05) is 43.0 Å². The summed E-state index contributed by atoms with van der Waals surface area (Å²) >= 11 is 1.53. The number of ether oxygens (including phenoxy) is 1. The van der Waals surface area contributed by atoms with E-state index in [9.17, 15) is 4.79 Å². The maximum absolute atomic E-state index is 12.2. The van der Waals surface area contributed by atoms with Gasteiger partial charge in [-0.3, -0.25) is 4.79 Å². The van der Waals surface area contributed by atoms with Crippen LogP contribution in [0.5, 0.6) is 0 Å². The summed E-state index contributed by atoms with van der Waals surface area (Å²) in [6, 6.07) is 7.64. The first kappa shape index (κ1) is 15.4. The van der Waals surface area contributed by atoms with Gasteiger partial charge in [-0.15, -0.1) is 11.8 Å². The van der Waals surface area contributed by atoms with Gasteiger partial charge in [0, 0.05) is 18.0 Å². The van der Waals surface area contributed by atoms with E-state index in [1.54, 1.807) is 0 Å². The van der Waals surface area contributed by atoms with Crippen LogP contribution < -0.4 is 0 Å². The maximum Gasteiger partial charge on any atom is 0.233 e. The number of carbonyl (C=O) groups excluding carboxylic acids is 1. The van der Waals surface area contributed by atoms with Crippen molar-refractivity contribution in [2.24, 2.45) is 0 Å². The molecular weight excluding hydrogens is 274 g/mol. The monoisotopic (exact) mass is 295 g/mol. The Labute approximate surface area is 124 Å². The Kier molecular flexibility index (Phi) is 5.46. The number of aliphatic hydroxyl groups excluding tert-OH is 1. The molecule has 0 aliphatic carbocycles. The predicted octanol–water partition coefficient (Wildman–Crippen LogP) is 1.91. The van der Waals surface area contributed by atoms with Crippen LogP contribution in [0.25, 0.3) is 0 Å². The molecule has 2 atom stereocenters. The molecule has 0 saturated carbocycles. The summed E-state index contributed by atoms with van der Waals surface area (Å²) in [5, 5.41) is 8.99. The lowest BCUT2D eigenvalue weighted by molar-refractivity contribution is -0.140. The number of hydrogen-bond acceptors (Lipinski definition) is 4. The number of hydrogen-bond donors (Lipinski definition) is 1. The minimum Gasteiger partial charge on any atom is -0.392 e. The molecule has 0 spiro atoms. The van der Waals surface area contributed by atoms with Crippen LogP contribution in [0, 0.1) is 0 Å². The first-order chi connectivity index (χ1) is 9.58. The lowest BCUT2D eigenvalue weighted by atomic mass is 10.2. The molecule has 1 N–H and O–H groups in total. The zero-order valence-electron chi connectivity index (χ0n) is 11.9. The molecule has 2 rings (SSSR count). The highest BCUT2D eigenvalue weighted by Gasteiger charge is 2.25. The first-order valence-electron chi connectivity index (χ1n) is 6.84. The molecular formula is C15H21NO3S. The highest BCUT2D eigenvalue weighted by molar-refractivity contribution is 8.00. The molecule has 20 heavy (non-hydrogen) atoms. The summed E-state index contributed by atoms with van der Waals surface area (Å²) < 4.78 is 5.63. The Bertz CT molecular complexity index is 439. The molecule has 1 aliphatic heterocycles. The third-order valence-electron chi connectivity index (χ3n) is 3.24. The van der Waals surface area contributed by atoms with Crippen LogP contribution >= 0.6 is 11.8 Å².